The minimum atomic E-state index is 0.0285. The van der Waals surface area contributed by atoms with E-state index in [1.54, 1.807) is 18.2 Å². The van der Waals surface area contributed by atoms with E-state index in [1.165, 1.54) is 6.42 Å². The Kier molecular flexibility index (Phi) is 4.72. The van der Waals surface area contributed by atoms with E-state index in [0.29, 0.717) is 15.8 Å². The predicted molar refractivity (Wildman–Crippen MR) is 72.4 cm³/mol. The zero-order valence-electron chi connectivity index (χ0n) is 9.99. The maximum Gasteiger partial charge on any atom is 0.260 e. The molecule has 5 heteroatoms. The number of piperidine rings is 1. The number of carbonyl (C=O) groups excluding carboxylic acids is 1. The quantitative estimate of drug-likeness (QED) is 0.853. The van der Waals surface area contributed by atoms with Crippen molar-refractivity contribution in [3.05, 3.63) is 28.2 Å². The number of hydrogen-bond acceptors (Lipinski definition) is 2. The highest BCUT2D eigenvalue weighted by atomic mass is 35.5. The van der Waals surface area contributed by atoms with Crippen LogP contribution in [-0.2, 0) is 4.79 Å². The number of rotatable bonds is 3. The van der Waals surface area contributed by atoms with Crippen molar-refractivity contribution in [1.29, 1.82) is 0 Å². The second-order valence-electron chi connectivity index (χ2n) is 4.31. The second-order valence-corrected chi connectivity index (χ2v) is 5.12. The predicted octanol–water partition coefficient (Wildman–Crippen LogP) is 3.38. The largest absolute Gasteiger partial charge is 0.484 e. The van der Waals surface area contributed by atoms with E-state index in [2.05, 4.69) is 0 Å². The van der Waals surface area contributed by atoms with Crippen molar-refractivity contribution in [1.82, 2.24) is 4.90 Å². The van der Waals surface area contributed by atoms with Crippen LogP contribution in [0.1, 0.15) is 19.3 Å². The van der Waals surface area contributed by atoms with Gasteiger partial charge in [0, 0.05) is 19.2 Å². The summed E-state index contributed by atoms with van der Waals surface area (Å²) in [4.78, 5) is 13.7. The van der Waals surface area contributed by atoms with E-state index in [1.807, 2.05) is 4.90 Å². The summed E-state index contributed by atoms with van der Waals surface area (Å²) in [5.41, 5.74) is 0. The smallest absolute Gasteiger partial charge is 0.260 e. The SMILES string of the molecule is O=C(COc1ccc(Cl)c(Cl)c1)N1CCCCC1. The second kappa shape index (κ2) is 6.30. The number of likely N-dealkylation sites (tertiary alicyclic amines) is 1. The van der Waals surface area contributed by atoms with Crippen LogP contribution in [0.15, 0.2) is 18.2 Å². The molecule has 0 N–H and O–H groups in total. The Hall–Kier alpha value is -0.930. The molecule has 1 fully saturated rings. The normalized spacial score (nSPS) is 15.6. The third kappa shape index (κ3) is 3.53. The fourth-order valence-electron chi connectivity index (χ4n) is 1.95. The summed E-state index contributed by atoms with van der Waals surface area (Å²) in [6.45, 7) is 1.73. The third-order valence-electron chi connectivity index (χ3n) is 2.96. The van der Waals surface area contributed by atoms with Gasteiger partial charge in [0.1, 0.15) is 5.75 Å². The molecule has 1 aromatic rings. The molecule has 98 valence electrons. The molecular formula is C13H15Cl2NO2. The molecule has 0 bridgehead atoms. The van der Waals surface area contributed by atoms with E-state index in [4.69, 9.17) is 27.9 Å². The van der Waals surface area contributed by atoms with Crippen LogP contribution in [0.3, 0.4) is 0 Å². The summed E-state index contributed by atoms with van der Waals surface area (Å²) in [6.07, 6.45) is 3.37. The third-order valence-corrected chi connectivity index (χ3v) is 3.70. The summed E-state index contributed by atoms with van der Waals surface area (Å²) in [6, 6.07) is 4.98. The number of hydrogen-bond donors (Lipinski definition) is 0. The Bertz CT molecular complexity index is 431. The van der Waals surface area contributed by atoms with E-state index >= 15 is 0 Å². The van der Waals surface area contributed by atoms with Crippen molar-refractivity contribution < 1.29 is 9.53 Å². The van der Waals surface area contributed by atoms with Gasteiger partial charge in [-0.05, 0) is 31.4 Å². The van der Waals surface area contributed by atoms with Gasteiger partial charge in [-0.25, -0.2) is 0 Å². The van der Waals surface area contributed by atoms with Crippen LogP contribution >= 0.6 is 23.2 Å². The zero-order chi connectivity index (χ0) is 13.0. The monoisotopic (exact) mass is 287 g/mol. The summed E-state index contributed by atoms with van der Waals surface area (Å²) in [7, 11) is 0. The maximum absolute atomic E-state index is 11.9. The Labute approximate surface area is 117 Å². The molecule has 18 heavy (non-hydrogen) atoms. The fraction of sp³-hybridized carbons (Fsp3) is 0.462. The summed E-state index contributed by atoms with van der Waals surface area (Å²) < 4.78 is 5.42. The average Bonchev–Trinajstić information content (AvgIpc) is 2.41. The molecule has 1 aliphatic heterocycles. The molecule has 0 aliphatic carbocycles. The topological polar surface area (TPSA) is 29.5 Å². The van der Waals surface area contributed by atoms with E-state index in [9.17, 15) is 4.79 Å². The van der Waals surface area contributed by atoms with Crippen molar-refractivity contribution >= 4 is 29.1 Å². The van der Waals surface area contributed by atoms with Gasteiger partial charge in [-0.15, -0.1) is 0 Å². The molecule has 1 saturated heterocycles. The van der Waals surface area contributed by atoms with Gasteiger partial charge in [-0.3, -0.25) is 4.79 Å². The van der Waals surface area contributed by atoms with Crippen molar-refractivity contribution in [2.75, 3.05) is 19.7 Å². The lowest BCUT2D eigenvalue weighted by atomic mass is 10.1. The number of halogens is 2. The molecule has 0 saturated carbocycles. The van der Waals surface area contributed by atoms with E-state index in [0.717, 1.165) is 25.9 Å². The first-order valence-corrected chi connectivity index (χ1v) is 6.78. The molecule has 1 amide bonds. The summed E-state index contributed by atoms with van der Waals surface area (Å²) in [5, 5.41) is 0.908. The number of benzene rings is 1. The molecule has 0 atom stereocenters. The van der Waals surface area contributed by atoms with Gasteiger partial charge in [0.25, 0.3) is 5.91 Å². The van der Waals surface area contributed by atoms with Crippen LogP contribution in [-0.4, -0.2) is 30.5 Å². The highest BCUT2D eigenvalue weighted by Gasteiger charge is 2.16. The first kappa shape index (κ1) is 13.5. The summed E-state index contributed by atoms with van der Waals surface area (Å²) >= 11 is 11.7. The molecule has 1 aliphatic rings. The van der Waals surface area contributed by atoms with Crippen LogP contribution in [0.25, 0.3) is 0 Å². The number of nitrogens with zero attached hydrogens (tertiary/aromatic N) is 1. The van der Waals surface area contributed by atoms with Crippen molar-refractivity contribution in [3.8, 4) is 5.75 Å². The molecule has 0 spiro atoms. The van der Waals surface area contributed by atoms with Gasteiger partial charge < -0.3 is 9.64 Å². The molecule has 0 unspecified atom stereocenters. The van der Waals surface area contributed by atoms with Crippen molar-refractivity contribution in [2.24, 2.45) is 0 Å². The molecule has 1 heterocycles. The Morgan fingerprint density at radius 2 is 1.89 bits per heavy atom. The van der Waals surface area contributed by atoms with Crippen LogP contribution in [0.2, 0.25) is 10.0 Å². The van der Waals surface area contributed by atoms with Gasteiger partial charge in [0.05, 0.1) is 10.0 Å². The van der Waals surface area contributed by atoms with Gasteiger partial charge in [0.2, 0.25) is 0 Å². The van der Waals surface area contributed by atoms with Crippen molar-refractivity contribution in [3.63, 3.8) is 0 Å². The maximum atomic E-state index is 11.9. The first-order chi connectivity index (χ1) is 8.66. The van der Waals surface area contributed by atoms with Crippen molar-refractivity contribution in [2.45, 2.75) is 19.3 Å². The average molecular weight is 288 g/mol. The lowest BCUT2D eigenvalue weighted by Crippen LogP contribution is -2.38. The minimum absolute atomic E-state index is 0.0285. The highest BCUT2D eigenvalue weighted by molar-refractivity contribution is 6.42. The number of ether oxygens (including phenoxy) is 1. The highest BCUT2D eigenvalue weighted by Crippen LogP contribution is 2.26. The number of carbonyl (C=O) groups is 1. The molecule has 0 radical (unpaired) electrons. The standard InChI is InChI=1S/C13H15Cl2NO2/c14-11-5-4-10(8-12(11)15)18-9-13(17)16-6-2-1-3-7-16/h4-5,8H,1-3,6-7,9H2. The Balaban J connectivity index is 1.86. The van der Waals surface area contributed by atoms with Crippen LogP contribution in [0, 0.1) is 0 Å². The van der Waals surface area contributed by atoms with E-state index in [-0.39, 0.29) is 12.5 Å². The minimum Gasteiger partial charge on any atom is -0.484 e. The molecule has 2 rings (SSSR count). The summed E-state index contributed by atoms with van der Waals surface area (Å²) in [5.74, 6) is 0.593. The molecule has 3 nitrogen and oxygen atoms in total. The number of amides is 1. The van der Waals surface area contributed by atoms with E-state index < -0.39 is 0 Å². The van der Waals surface area contributed by atoms with Gasteiger partial charge in [-0.2, -0.15) is 0 Å². The van der Waals surface area contributed by atoms with Crippen LogP contribution < -0.4 is 4.74 Å². The van der Waals surface area contributed by atoms with Crippen LogP contribution in [0.4, 0.5) is 0 Å². The van der Waals surface area contributed by atoms with Gasteiger partial charge in [0.15, 0.2) is 6.61 Å². The molecule has 0 aromatic heterocycles. The lowest BCUT2D eigenvalue weighted by Gasteiger charge is -2.26. The van der Waals surface area contributed by atoms with Gasteiger partial charge in [-0.1, -0.05) is 23.2 Å². The Morgan fingerprint density at radius 3 is 2.56 bits per heavy atom. The van der Waals surface area contributed by atoms with Gasteiger partial charge >= 0.3 is 0 Å². The Morgan fingerprint density at radius 1 is 1.17 bits per heavy atom. The lowest BCUT2D eigenvalue weighted by molar-refractivity contribution is -0.134. The molecular weight excluding hydrogens is 273 g/mol. The van der Waals surface area contributed by atoms with Crippen LogP contribution in [0.5, 0.6) is 5.75 Å². The fourth-order valence-corrected chi connectivity index (χ4v) is 2.23. The zero-order valence-corrected chi connectivity index (χ0v) is 11.5. The molecule has 1 aromatic carbocycles. The first-order valence-electron chi connectivity index (χ1n) is 6.02.